The minimum absolute atomic E-state index is 0. The molecule has 0 radical (unpaired) electrons. The van der Waals surface area contributed by atoms with Crippen LogP contribution in [0.4, 0.5) is 0 Å². The number of nitrogens with one attached hydrogen (secondary N) is 2. The summed E-state index contributed by atoms with van der Waals surface area (Å²) in [5.74, 6) is 0.892. The predicted octanol–water partition coefficient (Wildman–Crippen LogP) is 3.74. The van der Waals surface area contributed by atoms with Crippen LogP contribution in [0.1, 0.15) is 63.6 Å². The summed E-state index contributed by atoms with van der Waals surface area (Å²) in [6, 6.07) is 1.33. The van der Waals surface area contributed by atoms with E-state index < -0.39 is 0 Å². The van der Waals surface area contributed by atoms with Crippen molar-refractivity contribution in [2.24, 2.45) is 4.99 Å². The van der Waals surface area contributed by atoms with E-state index in [-0.39, 0.29) is 29.4 Å². The Morgan fingerprint density at radius 1 is 1.31 bits per heavy atom. The molecular formula is C19H34IN5S. The number of likely N-dealkylation sites (tertiary alicyclic amines) is 1. The van der Waals surface area contributed by atoms with E-state index in [0.29, 0.717) is 6.04 Å². The lowest BCUT2D eigenvalue weighted by molar-refractivity contribution is 0.242. The maximum atomic E-state index is 4.75. The molecule has 1 aromatic heterocycles. The third-order valence-corrected chi connectivity index (χ3v) is 6.57. The summed E-state index contributed by atoms with van der Waals surface area (Å²) < 4.78 is 0. The van der Waals surface area contributed by atoms with Gasteiger partial charge in [0.05, 0.1) is 17.2 Å². The fourth-order valence-corrected chi connectivity index (χ4v) is 4.71. The largest absolute Gasteiger partial charge is 0.352 e. The molecule has 1 aromatic rings. The van der Waals surface area contributed by atoms with Crippen molar-refractivity contribution < 1.29 is 0 Å². The molecule has 5 nitrogen and oxygen atoms in total. The van der Waals surface area contributed by atoms with Crippen LogP contribution < -0.4 is 10.6 Å². The molecular weight excluding hydrogens is 457 g/mol. The monoisotopic (exact) mass is 491 g/mol. The highest BCUT2D eigenvalue weighted by atomic mass is 127. The van der Waals surface area contributed by atoms with Gasteiger partial charge in [0.1, 0.15) is 0 Å². The van der Waals surface area contributed by atoms with Crippen molar-refractivity contribution in [2.75, 3.05) is 20.1 Å². The summed E-state index contributed by atoms with van der Waals surface area (Å²) >= 11 is 1.74. The van der Waals surface area contributed by atoms with E-state index >= 15 is 0 Å². The van der Waals surface area contributed by atoms with Gasteiger partial charge in [-0.15, -0.1) is 35.3 Å². The molecule has 3 rings (SSSR count). The van der Waals surface area contributed by atoms with Gasteiger partial charge < -0.3 is 10.6 Å². The highest BCUT2D eigenvalue weighted by Gasteiger charge is 2.30. The molecule has 7 heteroatoms. The van der Waals surface area contributed by atoms with Crippen molar-refractivity contribution in [3.8, 4) is 0 Å². The van der Waals surface area contributed by atoms with Gasteiger partial charge in [-0.2, -0.15) is 0 Å². The molecule has 148 valence electrons. The Morgan fingerprint density at radius 2 is 2.04 bits per heavy atom. The van der Waals surface area contributed by atoms with Crippen LogP contribution in [0.15, 0.2) is 10.4 Å². The molecule has 1 saturated heterocycles. The number of hydrogen-bond acceptors (Lipinski definition) is 4. The van der Waals surface area contributed by atoms with E-state index in [1.807, 2.05) is 7.05 Å². The molecule has 2 heterocycles. The van der Waals surface area contributed by atoms with E-state index in [0.717, 1.165) is 30.8 Å². The first-order valence-corrected chi connectivity index (χ1v) is 10.5. The van der Waals surface area contributed by atoms with Crippen molar-refractivity contribution in [1.29, 1.82) is 0 Å². The van der Waals surface area contributed by atoms with Gasteiger partial charge in [-0.3, -0.25) is 9.89 Å². The SMILES string of the molecule is CN=C(NCc1csc(C(C)(C)C)n1)NC1CCN(C2CCCC2)C1.I. The minimum atomic E-state index is 0. The number of nitrogens with zero attached hydrogens (tertiary/aromatic N) is 3. The molecule has 2 N–H and O–H groups in total. The van der Waals surface area contributed by atoms with E-state index in [4.69, 9.17) is 4.98 Å². The number of halogens is 1. The van der Waals surface area contributed by atoms with Gasteiger partial charge in [0.25, 0.3) is 0 Å². The Morgan fingerprint density at radius 3 is 2.65 bits per heavy atom. The lowest BCUT2D eigenvalue weighted by atomic mass is 9.98. The van der Waals surface area contributed by atoms with Crippen molar-refractivity contribution >= 4 is 41.3 Å². The number of aromatic nitrogens is 1. The normalized spacial score (nSPS) is 22.5. The smallest absolute Gasteiger partial charge is 0.191 e. The number of aliphatic imine (C=N–C) groups is 1. The van der Waals surface area contributed by atoms with Gasteiger partial charge >= 0.3 is 0 Å². The molecule has 2 aliphatic rings. The Hall–Kier alpha value is -0.410. The van der Waals surface area contributed by atoms with Crippen molar-refractivity contribution in [1.82, 2.24) is 20.5 Å². The van der Waals surface area contributed by atoms with Gasteiger partial charge in [-0.05, 0) is 19.3 Å². The molecule has 0 aromatic carbocycles. The van der Waals surface area contributed by atoms with Crippen LogP contribution in [-0.4, -0.2) is 48.1 Å². The third kappa shape index (κ3) is 5.79. The quantitative estimate of drug-likeness (QED) is 0.383. The zero-order valence-corrected chi connectivity index (χ0v) is 19.7. The lowest BCUT2D eigenvalue weighted by Gasteiger charge is -2.24. The Labute approximate surface area is 179 Å². The summed E-state index contributed by atoms with van der Waals surface area (Å²) in [5.41, 5.74) is 1.22. The number of guanidine groups is 1. The van der Waals surface area contributed by atoms with E-state index in [1.165, 1.54) is 43.7 Å². The summed E-state index contributed by atoms with van der Waals surface area (Å²) in [6.07, 6.45) is 6.81. The summed E-state index contributed by atoms with van der Waals surface area (Å²) in [5, 5.41) is 10.4. The van der Waals surface area contributed by atoms with Gasteiger partial charge in [0.2, 0.25) is 0 Å². The fraction of sp³-hybridized carbons (Fsp3) is 0.789. The van der Waals surface area contributed by atoms with Crippen molar-refractivity contribution in [3.63, 3.8) is 0 Å². The third-order valence-electron chi connectivity index (χ3n) is 5.26. The van der Waals surface area contributed by atoms with Gasteiger partial charge in [0, 0.05) is 43.0 Å². The van der Waals surface area contributed by atoms with Gasteiger partial charge in [0.15, 0.2) is 5.96 Å². The standard InChI is InChI=1S/C19H33N5S.HI/c1-19(2,3)17-22-15(13-25-17)11-21-18(20-4)23-14-9-10-24(12-14)16-7-5-6-8-16;/h13-14,16H,5-12H2,1-4H3,(H2,20,21,23);1H. The topological polar surface area (TPSA) is 52.6 Å². The highest BCUT2D eigenvalue weighted by molar-refractivity contribution is 14.0. The van der Waals surface area contributed by atoms with Crippen LogP contribution in [0.25, 0.3) is 0 Å². The van der Waals surface area contributed by atoms with Gasteiger partial charge in [-0.1, -0.05) is 33.6 Å². The average Bonchev–Trinajstić information content (AvgIpc) is 3.30. The molecule has 2 fully saturated rings. The van der Waals surface area contributed by atoms with Gasteiger partial charge in [-0.25, -0.2) is 4.98 Å². The van der Waals surface area contributed by atoms with E-state index in [9.17, 15) is 0 Å². The predicted molar refractivity (Wildman–Crippen MR) is 122 cm³/mol. The van der Waals surface area contributed by atoms with E-state index in [2.05, 4.69) is 46.7 Å². The second-order valence-electron chi connectivity index (χ2n) is 8.38. The first-order valence-electron chi connectivity index (χ1n) is 9.62. The molecule has 0 spiro atoms. The minimum Gasteiger partial charge on any atom is -0.352 e. The highest BCUT2D eigenvalue weighted by Crippen LogP contribution is 2.27. The molecule has 0 bridgehead atoms. The van der Waals surface area contributed by atoms with Crippen LogP contribution in [0, 0.1) is 0 Å². The van der Waals surface area contributed by atoms with Crippen LogP contribution in [-0.2, 0) is 12.0 Å². The van der Waals surface area contributed by atoms with E-state index in [1.54, 1.807) is 11.3 Å². The second-order valence-corrected chi connectivity index (χ2v) is 9.24. The number of rotatable bonds is 4. The molecule has 1 atom stereocenters. The maximum absolute atomic E-state index is 4.75. The van der Waals surface area contributed by atoms with Crippen LogP contribution >= 0.6 is 35.3 Å². The first-order chi connectivity index (χ1) is 12.0. The summed E-state index contributed by atoms with van der Waals surface area (Å²) in [6.45, 7) is 9.72. The molecule has 1 unspecified atom stereocenters. The van der Waals surface area contributed by atoms with Crippen LogP contribution in [0.3, 0.4) is 0 Å². The molecule has 26 heavy (non-hydrogen) atoms. The first kappa shape index (κ1) is 21.9. The maximum Gasteiger partial charge on any atom is 0.191 e. The number of thiazole rings is 1. The average molecular weight is 491 g/mol. The summed E-state index contributed by atoms with van der Waals surface area (Å²) in [7, 11) is 1.85. The fourth-order valence-electron chi connectivity index (χ4n) is 3.80. The molecule has 1 saturated carbocycles. The second kappa shape index (κ2) is 9.68. The van der Waals surface area contributed by atoms with Crippen molar-refractivity contribution in [3.05, 3.63) is 16.1 Å². The Kier molecular flexibility index (Phi) is 8.15. The Balaban J connectivity index is 0.00000243. The molecule has 1 aliphatic carbocycles. The Bertz CT molecular complexity index is 589. The van der Waals surface area contributed by atoms with Crippen LogP contribution in [0.2, 0.25) is 0 Å². The number of hydrogen-bond donors (Lipinski definition) is 2. The van der Waals surface area contributed by atoms with Crippen LogP contribution in [0.5, 0.6) is 0 Å². The zero-order valence-electron chi connectivity index (χ0n) is 16.5. The molecule has 1 aliphatic heterocycles. The lowest BCUT2D eigenvalue weighted by Crippen LogP contribution is -2.45. The summed E-state index contributed by atoms with van der Waals surface area (Å²) in [4.78, 5) is 11.8. The molecule has 0 amide bonds. The van der Waals surface area contributed by atoms with Crippen molar-refractivity contribution in [2.45, 2.75) is 76.9 Å². The zero-order chi connectivity index (χ0) is 17.9.